The second-order valence-electron chi connectivity index (χ2n) is 12.3. The fourth-order valence-electron chi connectivity index (χ4n) is 6.06. The highest BCUT2D eigenvalue weighted by molar-refractivity contribution is 7.18. The third-order valence-corrected chi connectivity index (χ3v) is 9.93. The maximum Gasteiger partial charge on any atom is 0.224 e. The Morgan fingerprint density at radius 3 is 2.47 bits per heavy atom. The number of hydrogen-bond donors (Lipinski definition) is 1. The van der Waals surface area contributed by atoms with Crippen molar-refractivity contribution in [2.75, 3.05) is 45.9 Å². The van der Waals surface area contributed by atoms with Crippen LogP contribution in [0.3, 0.4) is 0 Å². The summed E-state index contributed by atoms with van der Waals surface area (Å²) in [5, 5.41) is 3.95. The smallest absolute Gasteiger partial charge is 0.224 e. The molecule has 2 saturated heterocycles. The van der Waals surface area contributed by atoms with Gasteiger partial charge < -0.3 is 15.0 Å². The lowest BCUT2D eigenvalue weighted by Gasteiger charge is -2.36. The largest absolute Gasteiger partial charge is 0.379 e. The minimum Gasteiger partial charge on any atom is -0.379 e. The highest BCUT2D eigenvalue weighted by Gasteiger charge is 2.35. The number of rotatable bonds is 14. The van der Waals surface area contributed by atoms with E-state index in [9.17, 15) is 19.2 Å². The number of ether oxygens (including phenoxy) is 1. The van der Waals surface area contributed by atoms with Crippen molar-refractivity contribution in [2.45, 2.75) is 84.6 Å². The number of thiazole rings is 1. The zero-order valence-electron chi connectivity index (χ0n) is 26.2. The molecule has 2 aliphatic rings. The molecule has 3 heterocycles. The number of hydrogen-bond acceptors (Lipinski definition) is 8. The van der Waals surface area contributed by atoms with Crippen LogP contribution >= 0.6 is 11.3 Å². The summed E-state index contributed by atoms with van der Waals surface area (Å²) in [6, 6.07) is 5.64. The van der Waals surface area contributed by atoms with Crippen molar-refractivity contribution in [3.8, 4) is 0 Å². The van der Waals surface area contributed by atoms with Gasteiger partial charge >= 0.3 is 0 Å². The molecule has 2 aliphatic heterocycles. The van der Waals surface area contributed by atoms with E-state index < -0.39 is 12.0 Å². The highest BCUT2D eigenvalue weighted by atomic mass is 32.1. The van der Waals surface area contributed by atoms with E-state index in [-0.39, 0.29) is 35.7 Å². The molecule has 236 valence electrons. The summed E-state index contributed by atoms with van der Waals surface area (Å²) in [5.74, 6) is -0.416. The average molecular weight is 613 g/mol. The van der Waals surface area contributed by atoms with Gasteiger partial charge in [-0.3, -0.25) is 24.1 Å². The van der Waals surface area contributed by atoms with Crippen LogP contribution in [0.25, 0.3) is 10.2 Å². The van der Waals surface area contributed by atoms with E-state index in [1.165, 1.54) is 5.56 Å². The Kier molecular flexibility index (Phi) is 12.2. The van der Waals surface area contributed by atoms with E-state index in [2.05, 4.69) is 36.2 Å². The van der Waals surface area contributed by atoms with Gasteiger partial charge in [-0.15, -0.1) is 11.3 Å². The van der Waals surface area contributed by atoms with Gasteiger partial charge in [-0.05, 0) is 55.3 Å². The van der Waals surface area contributed by atoms with Crippen molar-refractivity contribution >= 4 is 44.9 Å². The molecule has 4 rings (SSSR count). The number of ketones is 2. The van der Waals surface area contributed by atoms with Crippen LogP contribution in [-0.2, 0) is 30.3 Å². The first-order chi connectivity index (χ1) is 20.6. The van der Waals surface area contributed by atoms with Gasteiger partial charge in [0.15, 0.2) is 5.78 Å². The number of nitrogens with zero attached hydrogens (tertiary/aromatic N) is 3. The Morgan fingerprint density at radius 1 is 1.09 bits per heavy atom. The molecule has 0 radical (unpaired) electrons. The molecule has 0 unspecified atom stereocenters. The topological polar surface area (TPSA) is 109 Å². The van der Waals surface area contributed by atoms with Crippen molar-refractivity contribution < 1.29 is 23.9 Å². The van der Waals surface area contributed by atoms with Crippen LogP contribution in [-0.4, -0.2) is 90.1 Å². The summed E-state index contributed by atoms with van der Waals surface area (Å²) in [7, 11) is 0. The molecule has 43 heavy (non-hydrogen) atoms. The molecule has 9 nitrogen and oxygen atoms in total. The number of carbonyl (C=O) groups excluding carboxylic acids is 4. The summed E-state index contributed by atoms with van der Waals surface area (Å²) in [4.78, 5) is 61.0. The van der Waals surface area contributed by atoms with Crippen LogP contribution in [0, 0.1) is 11.8 Å². The van der Waals surface area contributed by atoms with E-state index in [1.54, 1.807) is 23.2 Å². The molecule has 10 heteroatoms. The number of likely N-dealkylation sites (tertiary alicyclic amines) is 1. The van der Waals surface area contributed by atoms with Gasteiger partial charge in [0.1, 0.15) is 5.78 Å². The number of nitrogens with one attached hydrogen (secondary N) is 1. The normalized spacial score (nSPS) is 18.1. The number of amides is 2. The van der Waals surface area contributed by atoms with Crippen LogP contribution in [0.2, 0.25) is 0 Å². The lowest BCUT2D eigenvalue weighted by molar-refractivity contribution is -0.134. The van der Waals surface area contributed by atoms with Crippen molar-refractivity contribution in [2.24, 2.45) is 11.8 Å². The molecule has 0 bridgehead atoms. The average Bonchev–Trinajstić information content (AvgIpc) is 3.41. The minimum absolute atomic E-state index is 0.0199. The fourth-order valence-corrected chi connectivity index (χ4v) is 7.16. The molecule has 2 amide bonds. The molecular weight excluding hydrogens is 564 g/mol. The van der Waals surface area contributed by atoms with Crippen LogP contribution < -0.4 is 5.32 Å². The van der Waals surface area contributed by atoms with Gasteiger partial charge in [0.25, 0.3) is 0 Å². The summed E-state index contributed by atoms with van der Waals surface area (Å²) in [5.41, 5.74) is 2.14. The molecular formula is C33H48N4O5S. The highest BCUT2D eigenvalue weighted by Crippen LogP contribution is 2.29. The molecule has 0 aliphatic carbocycles. The Balaban J connectivity index is 1.48. The van der Waals surface area contributed by atoms with Crippen molar-refractivity contribution in [1.29, 1.82) is 0 Å². The summed E-state index contributed by atoms with van der Waals surface area (Å²) in [6.07, 6.45) is 3.26. The fraction of sp³-hybridized carbons (Fsp3) is 0.667. The third kappa shape index (κ3) is 9.40. The van der Waals surface area contributed by atoms with Gasteiger partial charge in [0.2, 0.25) is 11.8 Å². The van der Waals surface area contributed by atoms with Gasteiger partial charge in [-0.2, -0.15) is 0 Å². The zero-order valence-corrected chi connectivity index (χ0v) is 27.0. The monoisotopic (exact) mass is 612 g/mol. The number of fused-ring (bicyclic) bond motifs is 1. The number of morpholine rings is 1. The lowest BCUT2D eigenvalue weighted by Crippen LogP contribution is -2.52. The van der Waals surface area contributed by atoms with E-state index in [0.29, 0.717) is 64.3 Å². The third-order valence-electron chi connectivity index (χ3n) is 8.89. The summed E-state index contributed by atoms with van der Waals surface area (Å²) >= 11 is 1.57. The maximum atomic E-state index is 13.9. The van der Waals surface area contributed by atoms with Crippen LogP contribution in [0.4, 0.5) is 0 Å². The predicted octanol–water partition coefficient (Wildman–Crippen LogP) is 4.37. The first-order valence-corrected chi connectivity index (χ1v) is 16.8. The van der Waals surface area contributed by atoms with Gasteiger partial charge in [-0.25, -0.2) is 4.98 Å². The molecule has 2 atom stereocenters. The minimum atomic E-state index is -0.630. The zero-order chi connectivity index (χ0) is 30.9. The second-order valence-corrected chi connectivity index (χ2v) is 13.5. The molecule has 2 aromatic rings. The van der Waals surface area contributed by atoms with Crippen molar-refractivity contribution in [3.63, 3.8) is 0 Å². The Morgan fingerprint density at radius 2 is 1.81 bits per heavy atom. The number of aromatic nitrogens is 1. The van der Waals surface area contributed by atoms with Gasteiger partial charge in [-0.1, -0.05) is 26.8 Å². The lowest BCUT2D eigenvalue weighted by atomic mass is 9.85. The van der Waals surface area contributed by atoms with Crippen LogP contribution in [0.1, 0.15) is 82.7 Å². The SMILES string of the molecule is CCC(=O)C[C@@H](Cc1nc2ccc(C(C)C)cc2s1)C(=O)N[C@H](C(=O)CCCN1CCOCC1)C1CCN(C(C)=O)CC1. The van der Waals surface area contributed by atoms with E-state index in [4.69, 9.17) is 9.72 Å². The quantitative estimate of drug-likeness (QED) is 0.338. The van der Waals surface area contributed by atoms with E-state index in [1.807, 2.05) is 13.0 Å². The Labute approximate surface area is 259 Å². The molecule has 0 spiro atoms. The molecule has 0 saturated carbocycles. The maximum absolute atomic E-state index is 13.9. The molecule has 1 N–H and O–H groups in total. The second kappa shape index (κ2) is 15.9. The number of Topliss-reactive ketones (excluding diaryl/α,β-unsaturated/α-hetero) is 2. The first kappa shape index (κ1) is 33.2. The van der Waals surface area contributed by atoms with Crippen LogP contribution in [0.15, 0.2) is 18.2 Å². The van der Waals surface area contributed by atoms with Gasteiger partial charge in [0.05, 0.1) is 40.4 Å². The predicted molar refractivity (Wildman–Crippen MR) is 169 cm³/mol. The molecule has 1 aromatic carbocycles. The number of carbonyl (C=O) groups is 4. The Bertz CT molecular complexity index is 1260. The Hall–Kier alpha value is -2.69. The summed E-state index contributed by atoms with van der Waals surface area (Å²) in [6.45, 7) is 12.8. The molecule has 2 fully saturated rings. The number of benzene rings is 1. The van der Waals surface area contributed by atoms with Crippen molar-refractivity contribution in [1.82, 2.24) is 20.1 Å². The van der Waals surface area contributed by atoms with Crippen LogP contribution in [0.5, 0.6) is 0 Å². The van der Waals surface area contributed by atoms with E-state index in [0.717, 1.165) is 41.3 Å². The first-order valence-electron chi connectivity index (χ1n) is 15.9. The number of piperidine rings is 1. The summed E-state index contributed by atoms with van der Waals surface area (Å²) < 4.78 is 6.51. The van der Waals surface area contributed by atoms with E-state index >= 15 is 0 Å². The van der Waals surface area contributed by atoms with Gasteiger partial charge in [0, 0.05) is 58.8 Å². The standard InChI is InChI=1S/C33H48N4O5S/c1-5-27(39)19-26(21-31-34-28-9-8-25(22(2)3)20-30(28)43-31)33(41)35-32(24-10-13-37(14-11-24)23(4)38)29(40)7-6-12-36-15-17-42-18-16-36/h8-9,20,22,24,26,32H,5-7,10-19,21H2,1-4H3,(H,35,41)/t26-,32-/m0/s1. The van der Waals surface area contributed by atoms with Crippen molar-refractivity contribution in [3.05, 3.63) is 28.8 Å². The molecule has 1 aromatic heterocycles.